The normalized spacial score (nSPS) is 16.8. The summed E-state index contributed by atoms with van der Waals surface area (Å²) in [5.74, 6) is 0. The molecule has 0 bridgehead atoms. The average molecular weight is 246 g/mol. The lowest BCUT2D eigenvalue weighted by Crippen LogP contribution is -2.25. The molecule has 0 aromatic heterocycles. The number of benzene rings is 2. The van der Waals surface area contributed by atoms with Crippen LogP contribution in [0.4, 0.5) is 5.69 Å². The predicted molar refractivity (Wildman–Crippen MR) is 77.4 cm³/mol. The van der Waals surface area contributed by atoms with Crippen molar-refractivity contribution < 1.29 is 0 Å². The molecule has 0 spiro atoms. The van der Waals surface area contributed by atoms with Crippen molar-refractivity contribution in [3.8, 4) is 6.07 Å². The highest BCUT2D eigenvalue weighted by molar-refractivity contribution is 5.66. The summed E-state index contributed by atoms with van der Waals surface area (Å²) in [6.07, 6.45) is 4.66. The first kappa shape index (κ1) is 11.6. The van der Waals surface area contributed by atoms with Crippen LogP contribution in [0.1, 0.15) is 23.6 Å². The van der Waals surface area contributed by atoms with Crippen LogP contribution in [0.25, 0.3) is 6.08 Å². The molecule has 19 heavy (non-hydrogen) atoms. The van der Waals surface area contributed by atoms with Crippen molar-refractivity contribution in [2.45, 2.75) is 12.5 Å². The van der Waals surface area contributed by atoms with Gasteiger partial charge in [0.15, 0.2) is 0 Å². The molecule has 2 aromatic carbocycles. The van der Waals surface area contributed by atoms with Gasteiger partial charge in [-0.15, -0.1) is 0 Å². The first-order valence-corrected chi connectivity index (χ1v) is 6.37. The van der Waals surface area contributed by atoms with Gasteiger partial charge in [-0.25, -0.2) is 0 Å². The van der Waals surface area contributed by atoms with Gasteiger partial charge in [-0.05, 0) is 29.3 Å². The van der Waals surface area contributed by atoms with E-state index in [0.717, 1.165) is 5.69 Å². The number of rotatable bonds is 2. The Morgan fingerprint density at radius 2 is 1.74 bits per heavy atom. The molecule has 0 saturated heterocycles. The SMILES string of the molecule is N#CC[C@H]1c2ccccc2C=CN1c1ccccc1. The Morgan fingerprint density at radius 3 is 2.53 bits per heavy atom. The molecule has 2 aromatic rings. The van der Waals surface area contributed by atoms with Crippen molar-refractivity contribution in [1.82, 2.24) is 0 Å². The Bertz CT molecular complexity index is 638. The summed E-state index contributed by atoms with van der Waals surface area (Å²) in [6, 6.07) is 20.9. The molecule has 92 valence electrons. The lowest BCUT2D eigenvalue weighted by Gasteiger charge is -2.33. The maximum absolute atomic E-state index is 9.11. The average Bonchev–Trinajstić information content (AvgIpc) is 2.49. The van der Waals surface area contributed by atoms with Crippen LogP contribution in [-0.4, -0.2) is 0 Å². The van der Waals surface area contributed by atoms with E-state index in [9.17, 15) is 0 Å². The van der Waals surface area contributed by atoms with Gasteiger partial charge in [0.2, 0.25) is 0 Å². The molecule has 0 fully saturated rings. The molecule has 1 aliphatic rings. The summed E-state index contributed by atoms with van der Waals surface area (Å²) in [4.78, 5) is 2.17. The van der Waals surface area contributed by atoms with E-state index in [1.807, 2.05) is 30.3 Å². The summed E-state index contributed by atoms with van der Waals surface area (Å²) in [7, 11) is 0. The molecule has 0 N–H and O–H groups in total. The van der Waals surface area contributed by atoms with Crippen LogP contribution in [0, 0.1) is 11.3 Å². The van der Waals surface area contributed by atoms with Gasteiger partial charge in [0.25, 0.3) is 0 Å². The van der Waals surface area contributed by atoms with Gasteiger partial charge in [-0.2, -0.15) is 5.26 Å². The molecule has 2 heteroatoms. The number of para-hydroxylation sites is 1. The van der Waals surface area contributed by atoms with E-state index >= 15 is 0 Å². The summed E-state index contributed by atoms with van der Waals surface area (Å²) >= 11 is 0. The van der Waals surface area contributed by atoms with Gasteiger partial charge in [-0.1, -0.05) is 42.5 Å². The number of nitrogens with zero attached hydrogens (tertiary/aromatic N) is 2. The Labute approximate surface area is 113 Å². The predicted octanol–water partition coefficient (Wildman–Crippen LogP) is 4.13. The van der Waals surface area contributed by atoms with Crippen molar-refractivity contribution in [3.63, 3.8) is 0 Å². The third kappa shape index (κ3) is 2.11. The van der Waals surface area contributed by atoms with Gasteiger partial charge in [0.05, 0.1) is 18.5 Å². The van der Waals surface area contributed by atoms with Gasteiger partial charge < -0.3 is 4.90 Å². The van der Waals surface area contributed by atoms with Crippen LogP contribution in [0.2, 0.25) is 0 Å². The Hall–Kier alpha value is -2.53. The van der Waals surface area contributed by atoms with Crippen LogP contribution in [0.3, 0.4) is 0 Å². The quantitative estimate of drug-likeness (QED) is 0.796. The highest BCUT2D eigenvalue weighted by Gasteiger charge is 2.23. The highest BCUT2D eigenvalue weighted by atomic mass is 15.1. The van der Waals surface area contributed by atoms with E-state index in [2.05, 4.69) is 47.5 Å². The Morgan fingerprint density at radius 1 is 1.00 bits per heavy atom. The van der Waals surface area contributed by atoms with Crippen LogP contribution in [0.5, 0.6) is 0 Å². The maximum atomic E-state index is 9.11. The van der Waals surface area contributed by atoms with E-state index in [-0.39, 0.29) is 6.04 Å². The molecule has 0 aliphatic carbocycles. The van der Waals surface area contributed by atoms with Crippen molar-refractivity contribution in [2.24, 2.45) is 0 Å². The van der Waals surface area contributed by atoms with Crippen LogP contribution < -0.4 is 4.90 Å². The van der Waals surface area contributed by atoms with E-state index < -0.39 is 0 Å². The van der Waals surface area contributed by atoms with E-state index in [0.29, 0.717) is 6.42 Å². The monoisotopic (exact) mass is 246 g/mol. The van der Waals surface area contributed by atoms with Crippen molar-refractivity contribution in [3.05, 3.63) is 71.9 Å². The summed E-state index contributed by atoms with van der Waals surface area (Å²) < 4.78 is 0. The number of hydrogen-bond acceptors (Lipinski definition) is 2. The van der Waals surface area contributed by atoms with Crippen LogP contribution in [0.15, 0.2) is 60.8 Å². The molecule has 2 nitrogen and oxygen atoms in total. The second kappa shape index (κ2) is 4.99. The van der Waals surface area contributed by atoms with Crippen molar-refractivity contribution >= 4 is 11.8 Å². The molecule has 0 unspecified atom stereocenters. The van der Waals surface area contributed by atoms with Gasteiger partial charge in [0, 0.05) is 11.9 Å². The van der Waals surface area contributed by atoms with Gasteiger partial charge in [-0.3, -0.25) is 0 Å². The third-order valence-corrected chi connectivity index (χ3v) is 3.44. The first-order chi connectivity index (χ1) is 9.40. The zero-order valence-corrected chi connectivity index (χ0v) is 10.5. The smallest absolute Gasteiger partial charge is 0.0721 e. The van der Waals surface area contributed by atoms with Crippen LogP contribution >= 0.6 is 0 Å². The molecule has 1 heterocycles. The summed E-state index contributed by atoms with van der Waals surface area (Å²) in [5.41, 5.74) is 3.54. The fraction of sp³-hybridized carbons (Fsp3) is 0.118. The standard InChI is InChI=1S/C17H14N2/c18-12-10-17-16-9-5-4-6-14(16)11-13-19(17)15-7-2-1-3-8-15/h1-9,11,13,17H,10H2/t17-/m0/s1. The lowest BCUT2D eigenvalue weighted by atomic mass is 9.94. The Balaban J connectivity index is 2.06. The minimum atomic E-state index is 0.0913. The third-order valence-electron chi connectivity index (χ3n) is 3.44. The highest BCUT2D eigenvalue weighted by Crippen LogP contribution is 2.35. The van der Waals surface area contributed by atoms with Crippen LogP contribution in [-0.2, 0) is 0 Å². The van der Waals surface area contributed by atoms with Crippen molar-refractivity contribution in [2.75, 3.05) is 4.90 Å². The first-order valence-electron chi connectivity index (χ1n) is 6.37. The fourth-order valence-corrected chi connectivity index (χ4v) is 2.54. The number of nitriles is 1. The molecule has 0 amide bonds. The maximum Gasteiger partial charge on any atom is 0.0721 e. The minimum absolute atomic E-state index is 0.0913. The summed E-state index contributed by atoms with van der Waals surface area (Å²) in [5, 5.41) is 9.11. The van der Waals surface area contributed by atoms with Gasteiger partial charge in [0.1, 0.15) is 0 Å². The second-order valence-electron chi connectivity index (χ2n) is 4.57. The molecule has 0 saturated carbocycles. The number of fused-ring (bicyclic) bond motifs is 1. The molecule has 1 atom stereocenters. The van der Waals surface area contributed by atoms with E-state index in [4.69, 9.17) is 5.26 Å². The molecule has 3 rings (SSSR count). The zero-order chi connectivity index (χ0) is 13.1. The number of hydrogen-bond donors (Lipinski definition) is 0. The summed E-state index contributed by atoms with van der Waals surface area (Å²) in [6.45, 7) is 0. The molecular weight excluding hydrogens is 232 g/mol. The largest absolute Gasteiger partial charge is 0.339 e. The van der Waals surface area contributed by atoms with E-state index in [1.54, 1.807) is 0 Å². The second-order valence-corrected chi connectivity index (χ2v) is 4.57. The topological polar surface area (TPSA) is 27.0 Å². The van der Waals surface area contributed by atoms with E-state index in [1.165, 1.54) is 11.1 Å². The fourth-order valence-electron chi connectivity index (χ4n) is 2.54. The lowest BCUT2D eigenvalue weighted by molar-refractivity contribution is 0.703. The minimum Gasteiger partial charge on any atom is -0.339 e. The molecular formula is C17H14N2. The molecule has 0 radical (unpaired) electrons. The Kier molecular flexibility index (Phi) is 3.04. The molecule has 1 aliphatic heterocycles. The van der Waals surface area contributed by atoms with Crippen molar-refractivity contribution in [1.29, 1.82) is 5.26 Å². The zero-order valence-electron chi connectivity index (χ0n) is 10.5. The number of anilines is 1. The van der Waals surface area contributed by atoms with Gasteiger partial charge >= 0.3 is 0 Å².